The smallest absolute Gasteiger partial charge is 0.316 e. The molecule has 0 bridgehead atoms. The van der Waals surface area contributed by atoms with E-state index in [1.54, 1.807) is 12.5 Å². The molecule has 1 aromatic rings. The highest BCUT2D eigenvalue weighted by Crippen LogP contribution is 1.93. The van der Waals surface area contributed by atoms with Crippen LogP contribution in [0.2, 0.25) is 0 Å². The van der Waals surface area contributed by atoms with Crippen LogP contribution in [0.5, 0.6) is 0 Å². The summed E-state index contributed by atoms with van der Waals surface area (Å²) < 4.78 is 13.0. The molecular formula is C8H12N2O3S. The highest BCUT2D eigenvalue weighted by molar-refractivity contribution is 7.85. The molecule has 5 nitrogen and oxygen atoms in total. The van der Waals surface area contributed by atoms with Crippen LogP contribution >= 0.6 is 0 Å². The van der Waals surface area contributed by atoms with E-state index in [2.05, 4.69) is 4.98 Å². The van der Waals surface area contributed by atoms with Crippen molar-refractivity contribution in [1.82, 2.24) is 9.55 Å². The van der Waals surface area contributed by atoms with Gasteiger partial charge in [0.15, 0.2) is 0 Å². The van der Waals surface area contributed by atoms with Crippen LogP contribution in [0.25, 0.3) is 0 Å². The van der Waals surface area contributed by atoms with Crippen molar-refractivity contribution in [1.29, 1.82) is 0 Å². The zero-order chi connectivity index (χ0) is 10.4. The molecular weight excluding hydrogens is 204 g/mol. The summed E-state index contributed by atoms with van der Waals surface area (Å²) in [6.07, 6.45) is 5.88. The minimum Gasteiger partial charge on any atom is -0.481 e. The lowest BCUT2D eigenvalue weighted by molar-refractivity contribution is -0.133. The van der Waals surface area contributed by atoms with Gasteiger partial charge < -0.3 is 9.67 Å². The Morgan fingerprint density at radius 2 is 2.36 bits per heavy atom. The molecule has 0 saturated carbocycles. The maximum absolute atomic E-state index is 11.1. The number of aliphatic carboxylic acids is 1. The second-order valence-electron chi connectivity index (χ2n) is 2.84. The van der Waals surface area contributed by atoms with E-state index >= 15 is 0 Å². The number of aryl methyl sites for hydroxylation is 1. The molecule has 0 saturated heterocycles. The Morgan fingerprint density at radius 3 is 2.93 bits per heavy atom. The number of aromatic nitrogens is 2. The molecule has 0 aliphatic heterocycles. The van der Waals surface area contributed by atoms with Crippen molar-refractivity contribution >= 4 is 16.8 Å². The molecule has 0 aliphatic carbocycles. The van der Waals surface area contributed by atoms with Crippen LogP contribution in [-0.4, -0.2) is 36.3 Å². The topological polar surface area (TPSA) is 72.2 Å². The van der Waals surface area contributed by atoms with Crippen LogP contribution in [-0.2, 0) is 22.1 Å². The van der Waals surface area contributed by atoms with Crippen LogP contribution in [0.1, 0.15) is 6.42 Å². The zero-order valence-electron chi connectivity index (χ0n) is 7.63. The molecule has 0 fully saturated rings. The lowest BCUT2D eigenvalue weighted by atomic mass is 10.5. The lowest BCUT2D eigenvalue weighted by Gasteiger charge is -2.00. The maximum Gasteiger partial charge on any atom is 0.316 e. The van der Waals surface area contributed by atoms with Gasteiger partial charge in [-0.05, 0) is 6.42 Å². The molecule has 1 rings (SSSR count). The predicted octanol–water partition coefficient (Wildman–Crippen LogP) is 0.106. The number of carboxylic acid groups (broad SMARTS) is 1. The first-order valence-electron chi connectivity index (χ1n) is 4.21. The van der Waals surface area contributed by atoms with Gasteiger partial charge in [-0.1, -0.05) is 0 Å². The Kier molecular flexibility index (Phi) is 4.31. The third kappa shape index (κ3) is 4.18. The number of nitrogens with zero attached hydrogens (tertiary/aromatic N) is 2. The molecule has 0 aliphatic rings. The second-order valence-corrected chi connectivity index (χ2v) is 4.41. The molecule has 0 spiro atoms. The minimum atomic E-state index is -1.24. The van der Waals surface area contributed by atoms with Gasteiger partial charge in [0, 0.05) is 35.5 Å². The number of rotatable bonds is 6. The van der Waals surface area contributed by atoms with Crippen molar-refractivity contribution in [3.8, 4) is 0 Å². The van der Waals surface area contributed by atoms with E-state index in [-0.39, 0.29) is 5.75 Å². The first-order valence-corrected chi connectivity index (χ1v) is 5.70. The van der Waals surface area contributed by atoms with E-state index in [1.807, 2.05) is 10.8 Å². The first kappa shape index (κ1) is 10.9. The molecule has 1 N–H and O–H groups in total. The first-order chi connectivity index (χ1) is 6.68. The van der Waals surface area contributed by atoms with E-state index in [4.69, 9.17) is 5.11 Å². The molecule has 0 radical (unpaired) electrons. The van der Waals surface area contributed by atoms with E-state index in [9.17, 15) is 9.00 Å². The highest BCUT2D eigenvalue weighted by atomic mass is 32.2. The summed E-state index contributed by atoms with van der Waals surface area (Å²) in [4.78, 5) is 14.1. The summed E-state index contributed by atoms with van der Waals surface area (Å²) in [6.45, 7) is 0.728. The van der Waals surface area contributed by atoms with Gasteiger partial charge in [-0.2, -0.15) is 0 Å². The molecule has 0 amide bonds. The fourth-order valence-electron chi connectivity index (χ4n) is 1.04. The van der Waals surface area contributed by atoms with Crippen LogP contribution in [0.15, 0.2) is 18.7 Å². The van der Waals surface area contributed by atoms with Gasteiger partial charge in [0.05, 0.1) is 6.33 Å². The third-order valence-corrected chi connectivity index (χ3v) is 2.94. The highest BCUT2D eigenvalue weighted by Gasteiger charge is 2.04. The number of imidazole rings is 1. The Labute approximate surface area is 84.2 Å². The van der Waals surface area contributed by atoms with Gasteiger partial charge >= 0.3 is 5.97 Å². The van der Waals surface area contributed by atoms with Crippen molar-refractivity contribution < 1.29 is 14.1 Å². The van der Waals surface area contributed by atoms with E-state index < -0.39 is 16.8 Å². The maximum atomic E-state index is 11.1. The van der Waals surface area contributed by atoms with Crippen molar-refractivity contribution in [2.24, 2.45) is 0 Å². The largest absolute Gasteiger partial charge is 0.481 e. The van der Waals surface area contributed by atoms with Gasteiger partial charge in [-0.15, -0.1) is 0 Å². The number of carboxylic acids is 1. The SMILES string of the molecule is O=C(O)CS(=O)CCCn1ccnc1. The summed E-state index contributed by atoms with van der Waals surface area (Å²) in [5, 5.41) is 8.36. The van der Waals surface area contributed by atoms with Gasteiger partial charge in [0.25, 0.3) is 0 Å². The average Bonchev–Trinajstić information content (AvgIpc) is 2.55. The Hall–Kier alpha value is -1.17. The molecule has 6 heteroatoms. The number of hydrogen-bond donors (Lipinski definition) is 1. The number of carbonyl (C=O) groups is 1. The van der Waals surface area contributed by atoms with E-state index in [1.165, 1.54) is 0 Å². The normalized spacial score (nSPS) is 12.6. The van der Waals surface area contributed by atoms with Crippen molar-refractivity contribution in [2.75, 3.05) is 11.5 Å². The summed E-state index contributed by atoms with van der Waals surface area (Å²) in [6, 6.07) is 0. The molecule has 1 atom stereocenters. The number of hydrogen-bond acceptors (Lipinski definition) is 3. The van der Waals surface area contributed by atoms with Gasteiger partial charge in [0.1, 0.15) is 5.75 Å². The summed E-state index contributed by atoms with van der Waals surface area (Å²) in [7, 11) is -1.24. The fraction of sp³-hybridized carbons (Fsp3) is 0.500. The Morgan fingerprint density at radius 1 is 1.57 bits per heavy atom. The fourth-order valence-corrected chi connectivity index (χ4v) is 1.91. The van der Waals surface area contributed by atoms with Gasteiger partial charge in [0.2, 0.25) is 0 Å². The molecule has 0 aromatic carbocycles. The average molecular weight is 216 g/mol. The molecule has 1 heterocycles. The van der Waals surface area contributed by atoms with E-state index in [0.717, 1.165) is 6.54 Å². The van der Waals surface area contributed by atoms with Gasteiger partial charge in [-0.3, -0.25) is 9.00 Å². The predicted molar refractivity (Wildman–Crippen MR) is 52.4 cm³/mol. The molecule has 14 heavy (non-hydrogen) atoms. The summed E-state index contributed by atoms with van der Waals surface area (Å²) >= 11 is 0. The van der Waals surface area contributed by atoms with Crippen LogP contribution in [0, 0.1) is 0 Å². The van der Waals surface area contributed by atoms with Crippen LogP contribution < -0.4 is 0 Å². The lowest BCUT2D eigenvalue weighted by Crippen LogP contribution is -2.12. The van der Waals surface area contributed by atoms with Crippen molar-refractivity contribution in [3.05, 3.63) is 18.7 Å². The van der Waals surface area contributed by atoms with E-state index in [0.29, 0.717) is 12.2 Å². The van der Waals surface area contributed by atoms with Crippen molar-refractivity contribution in [3.63, 3.8) is 0 Å². The van der Waals surface area contributed by atoms with Crippen LogP contribution in [0.3, 0.4) is 0 Å². The molecule has 1 aromatic heterocycles. The Bertz CT molecular complexity index is 310. The summed E-state index contributed by atoms with van der Waals surface area (Å²) in [5.41, 5.74) is 0. The monoisotopic (exact) mass is 216 g/mol. The molecule has 1 unspecified atom stereocenters. The zero-order valence-corrected chi connectivity index (χ0v) is 8.44. The van der Waals surface area contributed by atoms with Gasteiger partial charge in [-0.25, -0.2) is 4.98 Å². The standard InChI is InChI=1S/C8H12N2O3S/c11-8(12)6-14(13)5-1-3-10-4-2-9-7-10/h2,4,7H,1,3,5-6H2,(H,11,12). The van der Waals surface area contributed by atoms with Crippen molar-refractivity contribution in [2.45, 2.75) is 13.0 Å². The Balaban J connectivity index is 2.15. The quantitative estimate of drug-likeness (QED) is 0.732. The molecule has 78 valence electrons. The summed E-state index contributed by atoms with van der Waals surface area (Å²) in [5.74, 6) is -0.847. The third-order valence-electron chi connectivity index (χ3n) is 1.63. The van der Waals surface area contributed by atoms with Crippen LogP contribution in [0.4, 0.5) is 0 Å². The minimum absolute atomic E-state index is 0.260. The second kappa shape index (κ2) is 5.54.